The van der Waals surface area contributed by atoms with Crippen molar-refractivity contribution in [1.82, 2.24) is 19.9 Å². The maximum absolute atomic E-state index is 12.6. The molecule has 2 amide bonds. The quantitative estimate of drug-likeness (QED) is 0.580. The Labute approximate surface area is 167 Å². The lowest BCUT2D eigenvalue weighted by Crippen LogP contribution is -2.49. The molecular formula is C22H21N5O2. The minimum absolute atomic E-state index is 0.143. The second-order valence-corrected chi connectivity index (χ2v) is 7.26. The van der Waals surface area contributed by atoms with E-state index in [1.54, 1.807) is 0 Å². The fourth-order valence-electron chi connectivity index (χ4n) is 3.73. The predicted octanol–water partition coefficient (Wildman–Crippen LogP) is 3.73. The molecule has 2 aromatic carbocycles. The monoisotopic (exact) mass is 387 g/mol. The van der Waals surface area contributed by atoms with E-state index in [4.69, 9.17) is 4.52 Å². The summed E-state index contributed by atoms with van der Waals surface area (Å²) in [6.07, 6.45) is 1.94. The summed E-state index contributed by atoms with van der Waals surface area (Å²) in [5.74, 6) is 0.468. The molecular weight excluding hydrogens is 366 g/mol. The van der Waals surface area contributed by atoms with Crippen LogP contribution in [0.15, 0.2) is 65.3 Å². The molecule has 0 saturated carbocycles. The molecule has 1 fully saturated rings. The number of hydrogen-bond donors (Lipinski definition) is 1. The van der Waals surface area contributed by atoms with Crippen LogP contribution in [0.1, 0.15) is 5.56 Å². The van der Waals surface area contributed by atoms with Crippen LogP contribution in [-0.4, -0.2) is 52.2 Å². The summed E-state index contributed by atoms with van der Waals surface area (Å²) >= 11 is 0. The highest BCUT2D eigenvalue weighted by atomic mass is 16.5. The first-order valence-corrected chi connectivity index (χ1v) is 9.73. The number of nitrogens with zero attached hydrogens (tertiary/aromatic N) is 4. The number of pyridine rings is 1. The molecule has 4 aromatic rings. The Hall–Kier alpha value is -3.45. The van der Waals surface area contributed by atoms with E-state index in [0.29, 0.717) is 24.5 Å². The Morgan fingerprint density at radius 1 is 1.03 bits per heavy atom. The molecule has 146 valence electrons. The molecule has 0 atom stereocenters. The number of piperazine rings is 1. The summed E-state index contributed by atoms with van der Waals surface area (Å²) in [4.78, 5) is 21.3. The number of carbonyl (C=O) groups is 1. The highest BCUT2D eigenvalue weighted by Gasteiger charge is 2.22. The summed E-state index contributed by atoms with van der Waals surface area (Å²) < 4.78 is 5.25. The summed E-state index contributed by atoms with van der Waals surface area (Å²) in [5.41, 5.74) is 2.87. The molecule has 1 saturated heterocycles. The zero-order valence-corrected chi connectivity index (χ0v) is 15.9. The van der Waals surface area contributed by atoms with Crippen molar-refractivity contribution in [3.8, 4) is 0 Å². The average molecular weight is 387 g/mol. The van der Waals surface area contributed by atoms with Crippen LogP contribution in [0.3, 0.4) is 0 Å². The molecule has 1 aliphatic rings. The number of anilines is 1. The Morgan fingerprint density at radius 2 is 1.83 bits per heavy atom. The van der Waals surface area contributed by atoms with Crippen molar-refractivity contribution in [2.24, 2.45) is 0 Å². The summed E-state index contributed by atoms with van der Waals surface area (Å²) in [7, 11) is 0. The molecule has 0 aliphatic carbocycles. The first-order valence-electron chi connectivity index (χ1n) is 9.73. The van der Waals surface area contributed by atoms with Crippen LogP contribution in [0.5, 0.6) is 0 Å². The third-order valence-electron chi connectivity index (χ3n) is 5.32. The molecule has 7 nitrogen and oxygen atoms in total. The second-order valence-electron chi connectivity index (χ2n) is 7.26. The van der Waals surface area contributed by atoms with E-state index in [9.17, 15) is 4.79 Å². The van der Waals surface area contributed by atoms with Crippen molar-refractivity contribution in [1.29, 1.82) is 0 Å². The molecule has 7 heteroatoms. The van der Waals surface area contributed by atoms with Gasteiger partial charge in [-0.15, -0.1) is 0 Å². The number of fused-ring (bicyclic) bond motifs is 2. The smallest absolute Gasteiger partial charge is 0.323 e. The highest BCUT2D eigenvalue weighted by molar-refractivity contribution is 5.98. The van der Waals surface area contributed by atoms with Crippen LogP contribution < -0.4 is 5.32 Å². The number of benzene rings is 2. The number of nitrogens with one attached hydrogen (secondary N) is 1. The van der Waals surface area contributed by atoms with Gasteiger partial charge in [0.25, 0.3) is 0 Å². The van der Waals surface area contributed by atoms with E-state index in [-0.39, 0.29) is 6.03 Å². The van der Waals surface area contributed by atoms with E-state index in [0.717, 1.165) is 35.9 Å². The van der Waals surface area contributed by atoms with Gasteiger partial charge in [0.15, 0.2) is 11.4 Å². The molecule has 0 unspecified atom stereocenters. The summed E-state index contributed by atoms with van der Waals surface area (Å²) in [6.45, 7) is 3.81. The molecule has 5 rings (SSSR count). The van der Waals surface area contributed by atoms with Crippen molar-refractivity contribution < 1.29 is 9.32 Å². The minimum atomic E-state index is -0.143. The summed E-state index contributed by atoms with van der Waals surface area (Å²) in [6, 6.07) is 17.7. The molecule has 0 radical (unpaired) electrons. The Bertz CT molecular complexity index is 1160. The zero-order valence-electron chi connectivity index (χ0n) is 15.9. The van der Waals surface area contributed by atoms with Crippen LogP contribution in [0, 0.1) is 0 Å². The maximum atomic E-state index is 12.6. The normalized spacial score (nSPS) is 15.1. The van der Waals surface area contributed by atoms with E-state index in [1.165, 1.54) is 5.56 Å². The maximum Gasteiger partial charge on any atom is 0.323 e. The number of hydrogen-bond acceptors (Lipinski definition) is 5. The largest absolute Gasteiger partial charge is 0.354 e. The molecule has 0 bridgehead atoms. The fraction of sp³-hybridized carbons (Fsp3) is 0.227. The van der Waals surface area contributed by atoms with Crippen molar-refractivity contribution in [3.63, 3.8) is 0 Å². The molecule has 29 heavy (non-hydrogen) atoms. The zero-order chi connectivity index (χ0) is 19.6. The van der Waals surface area contributed by atoms with E-state index < -0.39 is 0 Å². The third-order valence-corrected chi connectivity index (χ3v) is 5.32. The van der Waals surface area contributed by atoms with Gasteiger partial charge >= 0.3 is 6.03 Å². The average Bonchev–Trinajstić information content (AvgIpc) is 3.17. The predicted molar refractivity (Wildman–Crippen MR) is 112 cm³/mol. The Morgan fingerprint density at radius 3 is 2.72 bits per heavy atom. The number of para-hydroxylation sites is 2. The van der Waals surface area contributed by atoms with Crippen molar-refractivity contribution in [3.05, 3.63) is 66.4 Å². The third kappa shape index (κ3) is 3.64. The van der Waals surface area contributed by atoms with E-state index in [1.807, 2.05) is 53.6 Å². The van der Waals surface area contributed by atoms with Gasteiger partial charge in [-0.2, -0.15) is 0 Å². The van der Waals surface area contributed by atoms with Gasteiger partial charge in [0.2, 0.25) is 0 Å². The van der Waals surface area contributed by atoms with Crippen molar-refractivity contribution in [2.45, 2.75) is 6.54 Å². The Kier molecular flexibility index (Phi) is 4.57. The topological polar surface area (TPSA) is 74.5 Å². The number of carbonyl (C=O) groups excluding carboxylic acids is 1. The van der Waals surface area contributed by atoms with Crippen LogP contribution in [0.4, 0.5) is 10.6 Å². The number of urea groups is 1. The number of aromatic nitrogens is 2. The van der Waals surface area contributed by atoms with Crippen molar-refractivity contribution >= 4 is 33.7 Å². The highest BCUT2D eigenvalue weighted by Crippen LogP contribution is 2.22. The minimum Gasteiger partial charge on any atom is -0.354 e. The van der Waals surface area contributed by atoms with Crippen LogP contribution >= 0.6 is 0 Å². The fourth-order valence-corrected chi connectivity index (χ4v) is 3.73. The number of rotatable bonds is 3. The van der Waals surface area contributed by atoms with Gasteiger partial charge in [-0.3, -0.25) is 15.2 Å². The lowest BCUT2D eigenvalue weighted by atomic mass is 10.1. The van der Waals surface area contributed by atoms with Gasteiger partial charge in [-0.05, 0) is 29.8 Å². The Balaban J connectivity index is 1.19. The van der Waals surface area contributed by atoms with Crippen LogP contribution in [-0.2, 0) is 6.54 Å². The SMILES string of the molecule is O=C(Nc1noc2ccccc12)N1CCN(Cc2cnc3ccccc3c2)CC1. The molecule has 1 N–H and O–H groups in total. The van der Waals surface area contributed by atoms with Crippen LogP contribution in [0.2, 0.25) is 0 Å². The standard InChI is InChI=1S/C22H21N5O2/c28-22(24-21-18-6-2-4-8-20(18)29-25-21)27-11-9-26(10-12-27)15-16-13-17-5-1-3-7-19(17)23-14-16/h1-8,13-14H,9-12,15H2,(H,24,25,28). The van der Waals surface area contributed by atoms with Gasteiger partial charge in [-0.25, -0.2) is 4.79 Å². The number of amides is 2. The van der Waals surface area contributed by atoms with E-state index >= 15 is 0 Å². The van der Waals surface area contributed by atoms with Crippen LogP contribution in [0.25, 0.3) is 21.9 Å². The lowest BCUT2D eigenvalue weighted by molar-refractivity contribution is 0.143. The van der Waals surface area contributed by atoms with Crippen molar-refractivity contribution in [2.75, 3.05) is 31.5 Å². The summed E-state index contributed by atoms with van der Waals surface area (Å²) in [5, 5.41) is 8.81. The molecule has 3 heterocycles. The lowest BCUT2D eigenvalue weighted by Gasteiger charge is -2.34. The molecule has 1 aliphatic heterocycles. The van der Waals surface area contributed by atoms with Gasteiger partial charge in [0.05, 0.1) is 10.9 Å². The molecule has 0 spiro atoms. The van der Waals surface area contributed by atoms with Gasteiger partial charge in [0.1, 0.15) is 0 Å². The molecule has 2 aromatic heterocycles. The second kappa shape index (κ2) is 7.52. The van der Waals surface area contributed by atoms with Gasteiger partial charge in [-0.1, -0.05) is 35.5 Å². The first-order chi connectivity index (χ1) is 14.3. The van der Waals surface area contributed by atoms with Gasteiger partial charge < -0.3 is 9.42 Å². The van der Waals surface area contributed by atoms with Gasteiger partial charge in [0, 0.05) is 44.3 Å². The first kappa shape index (κ1) is 17.6. The van der Waals surface area contributed by atoms with E-state index in [2.05, 4.69) is 32.5 Å².